The molecule has 1 unspecified atom stereocenters. The van der Waals surface area contributed by atoms with Crippen molar-refractivity contribution in [1.29, 1.82) is 0 Å². The summed E-state index contributed by atoms with van der Waals surface area (Å²) < 4.78 is 0. The number of aryl methyl sites for hydroxylation is 1. The van der Waals surface area contributed by atoms with Crippen molar-refractivity contribution < 1.29 is 4.79 Å². The number of anilines is 1. The molecule has 2 aliphatic heterocycles. The summed E-state index contributed by atoms with van der Waals surface area (Å²) in [5.74, 6) is 2.43. The zero-order chi connectivity index (χ0) is 11.1. The molecule has 1 atom stereocenters. The molecule has 1 amide bonds. The lowest BCUT2D eigenvalue weighted by molar-refractivity contribution is -0.119. The smallest absolute Gasteiger partial charge is 0.258 e. The van der Waals surface area contributed by atoms with Gasteiger partial charge in [0, 0.05) is 17.7 Å². The Morgan fingerprint density at radius 1 is 1.56 bits per heavy atom. The highest BCUT2D eigenvalue weighted by atomic mass is 32.2. The van der Waals surface area contributed by atoms with E-state index < -0.39 is 0 Å². The molecule has 1 saturated heterocycles. The normalized spacial score (nSPS) is 23.6. The Labute approximate surface area is 97.7 Å². The van der Waals surface area contributed by atoms with Crippen molar-refractivity contribution in [2.45, 2.75) is 6.92 Å². The molecular formula is C11H11N3OS. The van der Waals surface area contributed by atoms with Crippen LogP contribution < -0.4 is 5.01 Å². The Bertz CT molecular complexity index is 486. The Morgan fingerprint density at radius 3 is 3.19 bits per heavy atom. The second-order valence-corrected chi connectivity index (χ2v) is 5.03. The lowest BCUT2D eigenvalue weighted by atomic mass is 10.1. The van der Waals surface area contributed by atoms with Gasteiger partial charge in [-0.25, -0.2) is 4.98 Å². The van der Waals surface area contributed by atoms with Crippen molar-refractivity contribution in [2.24, 2.45) is 11.0 Å². The minimum absolute atomic E-state index is 0.00712. The van der Waals surface area contributed by atoms with Gasteiger partial charge in [-0.1, -0.05) is 0 Å². The number of aromatic nitrogens is 1. The number of hydrogen-bond donors (Lipinski definition) is 0. The molecule has 0 aromatic carbocycles. The average Bonchev–Trinajstić information content (AvgIpc) is 2.82. The molecule has 5 heteroatoms. The van der Waals surface area contributed by atoms with Crippen LogP contribution in [0.1, 0.15) is 5.56 Å². The second-order valence-electron chi connectivity index (χ2n) is 4.00. The number of rotatable bonds is 1. The summed E-state index contributed by atoms with van der Waals surface area (Å²) in [5.41, 5.74) is 2.09. The summed E-state index contributed by atoms with van der Waals surface area (Å²) in [7, 11) is 0. The lowest BCUT2D eigenvalue weighted by Crippen LogP contribution is -2.27. The molecule has 16 heavy (non-hydrogen) atoms. The van der Waals surface area contributed by atoms with Crippen LogP contribution in [0, 0.1) is 12.8 Å². The standard InChI is InChI=1S/C11H11N3OS/c1-7-2-3-12-10(4-7)14-11(15)8-5-16-6-9(8)13-14/h2-4,8H,5-6H2,1H3. The summed E-state index contributed by atoms with van der Waals surface area (Å²) in [5, 5.41) is 5.81. The van der Waals surface area contributed by atoms with E-state index in [0.29, 0.717) is 5.82 Å². The predicted molar refractivity (Wildman–Crippen MR) is 64.7 cm³/mol. The van der Waals surface area contributed by atoms with E-state index >= 15 is 0 Å². The molecule has 0 radical (unpaired) electrons. The molecule has 0 saturated carbocycles. The van der Waals surface area contributed by atoms with E-state index in [1.54, 1.807) is 18.0 Å². The maximum Gasteiger partial charge on any atom is 0.258 e. The Kier molecular flexibility index (Phi) is 2.21. The highest BCUT2D eigenvalue weighted by molar-refractivity contribution is 8.00. The van der Waals surface area contributed by atoms with Gasteiger partial charge in [-0.3, -0.25) is 4.79 Å². The van der Waals surface area contributed by atoms with Crippen LogP contribution >= 0.6 is 11.8 Å². The largest absolute Gasteiger partial charge is 0.272 e. The van der Waals surface area contributed by atoms with Gasteiger partial charge in [0.1, 0.15) is 0 Å². The predicted octanol–water partition coefficient (Wildman–Crippen LogP) is 1.46. The van der Waals surface area contributed by atoms with E-state index in [0.717, 1.165) is 22.8 Å². The molecule has 82 valence electrons. The average molecular weight is 233 g/mol. The van der Waals surface area contributed by atoms with Gasteiger partial charge in [0.15, 0.2) is 5.82 Å². The quantitative estimate of drug-likeness (QED) is 0.737. The van der Waals surface area contributed by atoms with Gasteiger partial charge in [0.05, 0.1) is 11.6 Å². The van der Waals surface area contributed by atoms with Crippen molar-refractivity contribution in [3.05, 3.63) is 23.9 Å². The second kappa shape index (κ2) is 3.59. The van der Waals surface area contributed by atoms with E-state index in [1.807, 2.05) is 19.1 Å². The summed E-state index contributed by atoms with van der Waals surface area (Å²) in [4.78, 5) is 16.2. The first-order valence-electron chi connectivity index (χ1n) is 5.17. The maximum atomic E-state index is 12.1. The molecule has 0 N–H and O–H groups in total. The Hall–Kier alpha value is -1.36. The Morgan fingerprint density at radius 2 is 2.44 bits per heavy atom. The van der Waals surface area contributed by atoms with Crippen LogP contribution in [-0.2, 0) is 4.79 Å². The third kappa shape index (κ3) is 1.43. The number of hydrogen-bond acceptors (Lipinski definition) is 4. The summed E-state index contributed by atoms with van der Waals surface area (Å²) in [6.07, 6.45) is 1.71. The van der Waals surface area contributed by atoms with Crippen LogP contribution in [0.25, 0.3) is 0 Å². The number of fused-ring (bicyclic) bond motifs is 1. The molecule has 2 aliphatic rings. The zero-order valence-corrected chi connectivity index (χ0v) is 9.70. The molecule has 0 spiro atoms. The van der Waals surface area contributed by atoms with Crippen LogP contribution in [0.5, 0.6) is 0 Å². The third-order valence-electron chi connectivity index (χ3n) is 2.79. The maximum absolute atomic E-state index is 12.1. The van der Waals surface area contributed by atoms with Crippen molar-refractivity contribution in [1.82, 2.24) is 4.98 Å². The third-order valence-corrected chi connectivity index (χ3v) is 3.86. The minimum Gasteiger partial charge on any atom is -0.272 e. The lowest BCUT2D eigenvalue weighted by Gasteiger charge is -2.12. The Balaban J connectivity index is 1.97. The number of nitrogens with zero attached hydrogens (tertiary/aromatic N) is 3. The number of carbonyl (C=O) groups excluding carboxylic acids is 1. The minimum atomic E-state index is -0.00712. The van der Waals surface area contributed by atoms with Crippen molar-refractivity contribution in [3.63, 3.8) is 0 Å². The molecule has 3 heterocycles. The molecule has 3 rings (SSSR count). The van der Waals surface area contributed by atoms with Gasteiger partial charge in [0.25, 0.3) is 5.91 Å². The van der Waals surface area contributed by atoms with E-state index in [-0.39, 0.29) is 11.8 Å². The first-order chi connectivity index (χ1) is 7.75. The van der Waals surface area contributed by atoms with E-state index in [1.165, 1.54) is 5.01 Å². The molecule has 1 aromatic heterocycles. The molecule has 0 bridgehead atoms. The van der Waals surface area contributed by atoms with Crippen LogP contribution in [-0.4, -0.2) is 28.1 Å². The van der Waals surface area contributed by atoms with Crippen molar-refractivity contribution >= 4 is 29.2 Å². The van der Waals surface area contributed by atoms with Gasteiger partial charge in [-0.2, -0.15) is 21.9 Å². The van der Waals surface area contributed by atoms with Crippen LogP contribution in [0.3, 0.4) is 0 Å². The van der Waals surface area contributed by atoms with Gasteiger partial charge in [-0.15, -0.1) is 0 Å². The van der Waals surface area contributed by atoms with Crippen molar-refractivity contribution in [3.8, 4) is 0 Å². The fraction of sp³-hybridized carbons (Fsp3) is 0.364. The number of amides is 1. The zero-order valence-electron chi connectivity index (χ0n) is 8.88. The summed E-state index contributed by atoms with van der Waals surface area (Å²) in [6, 6.07) is 3.80. The number of pyridine rings is 1. The van der Waals surface area contributed by atoms with E-state index in [2.05, 4.69) is 10.1 Å². The van der Waals surface area contributed by atoms with Gasteiger partial charge >= 0.3 is 0 Å². The number of thioether (sulfide) groups is 1. The molecule has 0 aliphatic carbocycles. The first-order valence-corrected chi connectivity index (χ1v) is 6.33. The SMILES string of the molecule is Cc1ccnc(N2N=C3CSCC3C2=O)c1. The summed E-state index contributed by atoms with van der Waals surface area (Å²) in [6.45, 7) is 1.98. The number of hydrazone groups is 1. The highest BCUT2D eigenvalue weighted by Crippen LogP contribution is 2.31. The molecule has 1 fully saturated rings. The van der Waals surface area contributed by atoms with Crippen LogP contribution in [0.2, 0.25) is 0 Å². The fourth-order valence-electron chi connectivity index (χ4n) is 1.92. The topological polar surface area (TPSA) is 45.6 Å². The molecular weight excluding hydrogens is 222 g/mol. The molecule has 1 aromatic rings. The van der Waals surface area contributed by atoms with Gasteiger partial charge < -0.3 is 0 Å². The number of carbonyl (C=O) groups is 1. The fourth-order valence-corrected chi connectivity index (χ4v) is 3.07. The van der Waals surface area contributed by atoms with Gasteiger partial charge in [0.2, 0.25) is 0 Å². The van der Waals surface area contributed by atoms with Crippen LogP contribution in [0.15, 0.2) is 23.4 Å². The van der Waals surface area contributed by atoms with E-state index in [9.17, 15) is 4.79 Å². The molecule has 4 nitrogen and oxygen atoms in total. The van der Waals surface area contributed by atoms with Gasteiger partial charge in [-0.05, 0) is 24.6 Å². The van der Waals surface area contributed by atoms with E-state index in [4.69, 9.17) is 0 Å². The summed E-state index contributed by atoms with van der Waals surface area (Å²) >= 11 is 1.77. The van der Waals surface area contributed by atoms with Crippen LogP contribution in [0.4, 0.5) is 5.82 Å². The monoisotopic (exact) mass is 233 g/mol. The highest BCUT2D eigenvalue weighted by Gasteiger charge is 2.40. The van der Waals surface area contributed by atoms with Crippen molar-refractivity contribution in [2.75, 3.05) is 16.5 Å². The first kappa shape index (κ1) is 9.84.